The Morgan fingerprint density at radius 2 is 1.89 bits per heavy atom. The number of methoxy groups -OCH3 is 1. The summed E-state index contributed by atoms with van der Waals surface area (Å²) >= 11 is 1.14. The summed E-state index contributed by atoms with van der Waals surface area (Å²) in [6.45, 7) is 0. The molecular weight excluding hydrogens is 269 g/mol. The maximum absolute atomic E-state index is 13.4. The molecule has 2 rings (SSSR count). The summed E-state index contributed by atoms with van der Waals surface area (Å²) < 4.78 is 18.5. The summed E-state index contributed by atoms with van der Waals surface area (Å²) in [6.07, 6.45) is 0. The zero-order valence-electron chi connectivity index (χ0n) is 10.00. The van der Waals surface area contributed by atoms with E-state index < -0.39 is 16.4 Å². The van der Waals surface area contributed by atoms with Crippen LogP contribution in [-0.4, -0.2) is 12.0 Å². The van der Waals surface area contributed by atoms with Gasteiger partial charge in [0, 0.05) is 4.90 Å². The van der Waals surface area contributed by atoms with Crippen molar-refractivity contribution in [1.82, 2.24) is 0 Å². The van der Waals surface area contributed by atoms with Crippen LogP contribution in [0.1, 0.15) is 0 Å². The average Bonchev–Trinajstić information content (AvgIpc) is 2.39. The molecule has 0 N–H and O–H groups in total. The lowest BCUT2D eigenvalue weighted by molar-refractivity contribution is -0.390. The first-order valence-electron chi connectivity index (χ1n) is 5.36. The SMILES string of the molecule is COc1ccc(Sc2cccc(F)c2[N+](=O)[O-])cc1. The molecular formula is C13H10FNO3S. The van der Waals surface area contributed by atoms with Crippen molar-refractivity contribution >= 4 is 17.4 Å². The van der Waals surface area contributed by atoms with Crippen LogP contribution in [0.5, 0.6) is 5.75 Å². The van der Waals surface area contributed by atoms with E-state index in [1.807, 2.05) is 0 Å². The molecule has 0 saturated carbocycles. The first kappa shape index (κ1) is 13.4. The van der Waals surface area contributed by atoms with Gasteiger partial charge in [-0.3, -0.25) is 10.1 Å². The molecule has 0 amide bonds. The lowest BCUT2D eigenvalue weighted by Gasteiger charge is -2.04. The third-order valence-corrected chi connectivity index (χ3v) is 3.48. The molecule has 19 heavy (non-hydrogen) atoms. The minimum Gasteiger partial charge on any atom is -0.497 e. The largest absolute Gasteiger partial charge is 0.497 e. The van der Waals surface area contributed by atoms with E-state index in [4.69, 9.17) is 4.74 Å². The summed E-state index contributed by atoms with van der Waals surface area (Å²) in [7, 11) is 1.56. The van der Waals surface area contributed by atoms with Crippen LogP contribution in [-0.2, 0) is 0 Å². The highest BCUT2D eigenvalue weighted by Crippen LogP contribution is 2.36. The number of hydrogen-bond acceptors (Lipinski definition) is 4. The smallest absolute Gasteiger partial charge is 0.318 e. The van der Waals surface area contributed by atoms with E-state index in [0.29, 0.717) is 5.75 Å². The summed E-state index contributed by atoms with van der Waals surface area (Å²) in [5, 5.41) is 10.9. The van der Waals surface area contributed by atoms with Gasteiger partial charge < -0.3 is 4.74 Å². The highest BCUT2D eigenvalue weighted by Gasteiger charge is 2.20. The van der Waals surface area contributed by atoms with Crippen LogP contribution < -0.4 is 4.74 Å². The number of para-hydroxylation sites is 1. The number of ether oxygens (including phenoxy) is 1. The molecule has 98 valence electrons. The summed E-state index contributed by atoms with van der Waals surface area (Å²) in [4.78, 5) is 11.2. The fourth-order valence-corrected chi connectivity index (χ4v) is 2.47. The lowest BCUT2D eigenvalue weighted by Crippen LogP contribution is -1.94. The van der Waals surface area contributed by atoms with Gasteiger partial charge in [-0.2, -0.15) is 4.39 Å². The molecule has 0 aliphatic heterocycles. The summed E-state index contributed by atoms with van der Waals surface area (Å²) in [5.74, 6) is -0.137. The monoisotopic (exact) mass is 279 g/mol. The molecule has 0 spiro atoms. The van der Waals surface area contributed by atoms with E-state index in [0.717, 1.165) is 22.7 Å². The van der Waals surface area contributed by atoms with Gasteiger partial charge in [0.25, 0.3) is 0 Å². The maximum atomic E-state index is 13.4. The third-order valence-electron chi connectivity index (χ3n) is 2.42. The van der Waals surface area contributed by atoms with Gasteiger partial charge in [-0.25, -0.2) is 0 Å². The summed E-state index contributed by atoms with van der Waals surface area (Å²) in [5.41, 5.74) is -0.497. The first-order chi connectivity index (χ1) is 9.11. The first-order valence-corrected chi connectivity index (χ1v) is 6.18. The number of rotatable bonds is 4. The molecule has 0 fully saturated rings. The Morgan fingerprint density at radius 1 is 1.21 bits per heavy atom. The molecule has 0 bridgehead atoms. The Labute approximate surface area is 113 Å². The minimum absolute atomic E-state index is 0.273. The minimum atomic E-state index is -0.830. The fourth-order valence-electron chi connectivity index (χ4n) is 1.53. The molecule has 0 aliphatic carbocycles. The molecule has 0 unspecified atom stereocenters. The van der Waals surface area contributed by atoms with Crippen molar-refractivity contribution in [3.8, 4) is 5.75 Å². The highest BCUT2D eigenvalue weighted by molar-refractivity contribution is 7.99. The van der Waals surface area contributed by atoms with Crippen LogP contribution in [0.15, 0.2) is 52.3 Å². The second kappa shape index (κ2) is 5.71. The molecule has 4 nitrogen and oxygen atoms in total. The van der Waals surface area contributed by atoms with Crippen molar-refractivity contribution in [2.45, 2.75) is 9.79 Å². The van der Waals surface area contributed by atoms with E-state index in [2.05, 4.69) is 0 Å². The normalized spacial score (nSPS) is 10.2. The van der Waals surface area contributed by atoms with E-state index in [1.165, 1.54) is 12.1 Å². The van der Waals surface area contributed by atoms with Gasteiger partial charge in [-0.15, -0.1) is 0 Å². The Bertz CT molecular complexity index is 601. The van der Waals surface area contributed by atoms with Crippen LogP contribution in [0, 0.1) is 15.9 Å². The summed E-state index contributed by atoms with van der Waals surface area (Å²) in [6, 6.07) is 11.1. The number of hydrogen-bond donors (Lipinski definition) is 0. The van der Waals surface area contributed by atoms with Crippen LogP contribution in [0.25, 0.3) is 0 Å². The van der Waals surface area contributed by atoms with Gasteiger partial charge in [-0.1, -0.05) is 17.8 Å². The van der Waals surface area contributed by atoms with Gasteiger partial charge in [-0.05, 0) is 36.4 Å². The van der Waals surface area contributed by atoms with Gasteiger partial charge in [0.05, 0.1) is 16.9 Å². The zero-order chi connectivity index (χ0) is 13.8. The van der Waals surface area contributed by atoms with Gasteiger partial charge >= 0.3 is 5.69 Å². The number of nitro groups is 1. The van der Waals surface area contributed by atoms with E-state index in [-0.39, 0.29) is 4.90 Å². The standard InChI is InChI=1S/C13H10FNO3S/c1-18-9-5-7-10(8-6-9)19-12-4-2-3-11(14)13(12)15(16)17/h2-8H,1H3. The molecule has 2 aromatic carbocycles. The predicted molar refractivity (Wildman–Crippen MR) is 70.2 cm³/mol. The number of nitro benzene ring substituents is 1. The molecule has 0 aromatic heterocycles. The number of halogens is 1. The molecule has 0 radical (unpaired) electrons. The maximum Gasteiger partial charge on any atom is 0.318 e. The second-order valence-corrected chi connectivity index (χ2v) is 4.74. The van der Waals surface area contributed by atoms with E-state index >= 15 is 0 Å². The fraction of sp³-hybridized carbons (Fsp3) is 0.0769. The Balaban J connectivity index is 2.32. The molecule has 0 heterocycles. The van der Waals surface area contributed by atoms with Crippen molar-refractivity contribution in [2.24, 2.45) is 0 Å². The van der Waals surface area contributed by atoms with Gasteiger partial charge in [0.2, 0.25) is 5.82 Å². The van der Waals surface area contributed by atoms with Crippen molar-refractivity contribution < 1.29 is 14.1 Å². The number of nitrogens with zero attached hydrogens (tertiary/aromatic N) is 1. The Hall–Kier alpha value is -2.08. The quantitative estimate of drug-likeness (QED) is 0.629. The molecule has 6 heteroatoms. The average molecular weight is 279 g/mol. The van der Waals surface area contributed by atoms with Crippen LogP contribution in [0.3, 0.4) is 0 Å². The van der Waals surface area contributed by atoms with E-state index in [9.17, 15) is 14.5 Å². The predicted octanol–water partition coefficient (Wildman–Crippen LogP) is 3.89. The van der Waals surface area contributed by atoms with Crippen molar-refractivity contribution in [3.63, 3.8) is 0 Å². The number of benzene rings is 2. The Kier molecular flexibility index (Phi) is 4.01. The van der Waals surface area contributed by atoms with Gasteiger partial charge in [0.15, 0.2) is 0 Å². The van der Waals surface area contributed by atoms with Crippen molar-refractivity contribution in [3.05, 3.63) is 58.4 Å². The van der Waals surface area contributed by atoms with Gasteiger partial charge in [0.1, 0.15) is 5.75 Å². The van der Waals surface area contributed by atoms with Crippen molar-refractivity contribution in [2.75, 3.05) is 7.11 Å². The third kappa shape index (κ3) is 3.03. The molecule has 0 aliphatic rings. The van der Waals surface area contributed by atoms with E-state index in [1.54, 1.807) is 31.4 Å². The van der Waals surface area contributed by atoms with Crippen LogP contribution >= 0.6 is 11.8 Å². The Morgan fingerprint density at radius 3 is 2.47 bits per heavy atom. The lowest BCUT2D eigenvalue weighted by atomic mass is 10.3. The van der Waals surface area contributed by atoms with Crippen LogP contribution in [0.2, 0.25) is 0 Å². The molecule has 0 atom stereocenters. The topological polar surface area (TPSA) is 52.4 Å². The zero-order valence-corrected chi connectivity index (χ0v) is 10.8. The second-order valence-electron chi connectivity index (χ2n) is 3.62. The van der Waals surface area contributed by atoms with Crippen molar-refractivity contribution in [1.29, 1.82) is 0 Å². The highest BCUT2D eigenvalue weighted by atomic mass is 32.2. The van der Waals surface area contributed by atoms with Crippen LogP contribution in [0.4, 0.5) is 10.1 Å². The molecule has 2 aromatic rings. The molecule has 0 saturated heterocycles.